The zero-order chi connectivity index (χ0) is 22.9. The van der Waals surface area contributed by atoms with Gasteiger partial charge in [-0.05, 0) is 59.7 Å². The van der Waals surface area contributed by atoms with Crippen LogP contribution >= 0.6 is 15.9 Å². The van der Waals surface area contributed by atoms with E-state index in [1.807, 2.05) is 77.7 Å². The zero-order valence-electron chi connectivity index (χ0n) is 18.2. The van der Waals surface area contributed by atoms with E-state index < -0.39 is 0 Å². The summed E-state index contributed by atoms with van der Waals surface area (Å²) in [4.78, 5) is 15.4. The summed E-state index contributed by atoms with van der Waals surface area (Å²) < 4.78 is 11.6. The topological polar surface area (TPSA) is 67.5 Å². The minimum absolute atomic E-state index is 0.0685. The molecule has 1 unspecified atom stereocenters. The molecule has 5 rings (SSSR count). The summed E-state index contributed by atoms with van der Waals surface area (Å²) in [5.41, 5.74) is 5.16. The number of methoxy groups -OCH3 is 2. The molecule has 1 aliphatic rings. The third kappa shape index (κ3) is 3.89. The molecule has 7 heteroatoms. The van der Waals surface area contributed by atoms with Gasteiger partial charge in [-0.2, -0.15) is 5.10 Å². The van der Waals surface area contributed by atoms with Crippen molar-refractivity contribution in [2.24, 2.45) is 0 Å². The molecule has 0 spiro atoms. The molecule has 4 aromatic rings. The summed E-state index contributed by atoms with van der Waals surface area (Å²) >= 11 is 3.51. The van der Waals surface area contributed by atoms with Crippen molar-refractivity contribution in [1.29, 1.82) is 0 Å². The molecule has 166 valence electrons. The highest BCUT2D eigenvalue weighted by molar-refractivity contribution is 9.10. The number of amides is 1. The predicted molar refractivity (Wildman–Crippen MR) is 129 cm³/mol. The Hall–Kier alpha value is -3.58. The third-order valence-electron chi connectivity index (χ3n) is 5.92. The Kier molecular flexibility index (Phi) is 5.64. The van der Waals surface area contributed by atoms with Gasteiger partial charge in [0.2, 0.25) is 0 Å². The molecule has 1 aromatic heterocycles. The molecule has 1 N–H and O–H groups in total. The van der Waals surface area contributed by atoms with E-state index in [2.05, 4.69) is 26.1 Å². The number of fused-ring (bicyclic) bond motifs is 1. The maximum absolute atomic E-state index is 13.5. The van der Waals surface area contributed by atoms with E-state index in [1.54, 1.807) is 14.2 Å². The van der Waals surface area contributed by atoms with Crippen molar-refractivity contribution in [1.82, 2.24) is 15.1 Å². The Morgan fingerprint density at radius 2 is 1.52 bits per heavy atom. The normalized spacial score (nSPS) is 14.9. The van der Waals surface area contributed by atoms with Crippen molar-refractivity contribution in [3.63, 3.8) is 0 Å². The van der Waals surface area contributed by atoms with Gasteiger partial charge in [-0.15, -0.1) is 0 Å². The fourth-order valence-corrected chi connectivity index (χ4v) is 4.51. The first kappa shape index (κ1) is 21.3. The highest BCUT2D eigenvalue weighted by Crippen LogP contribution is 2.43. The molecule has 0 saturated carbocycles. The number of carbonyl (C=O) groups is 1. The number of H-pyrrole nitrogens is 1. The first-order chi connectivity index (χ1) is 16.1. The van der Waals surface area contributed by atoms with Crippen molar-refractivity contribution in [3.05, 3.63) is 99.7 Å². The number of hydrogen-bond acceptors (Lipinski definition) is 4. The number of rotatable bonds is 6. The summed E-state index contributed by atoms with van der Waals surface area (Å²) in [5.74, 6) is 1.49. The Labute approximate surface area is 200 Å². The van der Waals surface area contributed by atoms with Crippen LogP contribution in [-0.4, -0.2) is 35.2 Å². The van der Waals surface area contributed by atoms with Crippen LogP contribution in [0.25, 0.3) is 11.3 Å². The second-order valence-corrected chi connectivity index (χ2v) is 8.74. The number of carbonyl (C=O) groups excluding carboxylic acids is 1. The molecule has 0 bridgehead atoms. The number of ether oxygens (including phenoxy) is 2. The van der Waals surface area contributed by atoms with Gasteiger partial charge in [0.05, 0.1) is 26.0 Å². The molecular weight excluding hydrogens is 482 g/mol. The van der Waals surface area contributed by atoms with Gasteiger partial charge in [0.25, 0.3) is 5.91 Å². The van der Waals surface area contributed by atoms with Gasteiger partial charge < -0.3 is 14.4 Å². The quantitative estimate of drug-likeness (QED) is 0.371. The molecule has 3 aromatic carbocycles. The smallest absolute Gasteiger partial charge is 0.273 e. The average Bonchev–Trinajstić information content (AvgIpc) is 3.39. The molecule has 1 aliphatic heterocycles. The molecule has 2 heterocycles. The maximum Gasteiger partial charge on any atom is 0.273 e. The standard InChI is InChI=1S/C26H22BrN3O3/c1-32-20-11-3-16(4-12-20)15-30-25(18-5-9-19(27)10-6-18)22-23(28-29-24(22)26(30)31)17-7-13-21(33-2)14-8-17/h3-14,25H,15H2,1-2H3,(H,28,29). The second-order valence-electron chi connectivity index (χ2n) is 7.82. The molecule has 0 fully saturated rings. The molecule has 0 saturated heterocycles. The van der Waals surface area contributed by atoms with E-state index in [0.717, 1.165) is 43.9 Å². The van der Waals surface area contributed by atoms with E-state index in [-0.39, 0.29) is 11.9 Å². The van der Waals surface area contributed by atoms with Crippen LogP contribution < -0.4 is 9.47 Å². The highest BCUT2D eigenvalue weighted by Gasteiger charge is 2.42. The van der Waals surface area contributed by atoms with Crippen LogP contribution in [0.5, 0.6) is 11.5 Å². The minimum atomic E-state index is -0.265. The van der Waals surface area contributed by atoms with Crippen LogP contribution in [-0.2, 0) is 6.54 Å². The minimum Gasteiger partial charge on any atom is -0.497 e. The lowest BCUT2D eigenvalue weighted by Crippen LogP contribution is -2.29. The van der Waals surface area contributed by atoms with Gasteiger partial charge in [0.1, 0.15) is 17.2 Å². The number of nitrogens with one attached hydrogen (secondary N) is 1. The van der Waals surface area contributed by atoms with Crippen LogP contribution in [0, 0.1) is 0 Å². The summed E-state index contributed by atoms with van der Waals surface area (Å²) in [6.45, 7) is 0.466. The Bertz CT molecular complexity index is 1280. The van der Waals surface area contributed by atoms with E-state index in [4.69, 9.17) is 9.47 Å². The lowest BCUT2D eigenvalue weighted by Gasteiger charge is -2.26. The van der Waals surface area contributed by atoms with Gasteiger partial charge >= 0.3 is 0 Å². The number of aromatic amines is 1. The van der Waals surface area contributed by atoms with E-state index in [1.165, 1.54) is 0 Å². The summed E-state index contributed by atoms with van der Waals surface area (Å²) in [6.07, 6.45) is 0. The summed E-state index contributed by atoms with van der Waals surface area (Å²) in [7, 11) is 3.28. The monoisotopic (exact) mass is 503 g/mol. The predicted octanol–water partition coefficient (Wildman–Crippen LogP) is 5.60. The van der Waals surface area contributed by atoms with Crippen molar-refractivity contribution in [3.8, 4) is 22.8 Å². The van der Waals surface area contributed by atoms with Crippen molar-refractivity contribution in [2.75, 3.05) is 14.2 Å². The van der Waals surface area contributed by atoms with Crippen molar-refractivity contribution in [2.45, 2.75) is 12.6 Å². The summed E-state index contributed by atoms with van der Waals surface area (Å²) in [6, 6.07) is 23.3. The molecule has 33 heavy (non-hydrogen) atoms. The molecule has 6 nitrogen and oxygen atoms in total. The van der Waals surface area contributed by atoms with Crippen molar-refractivity contribution >= 4 is 21.8 Å². The van der Waals surface area contributed by atoms with Gasteiger partial charge in [0, 0.05) is 22.1 Å². The fourth-order valence-electron chi connectivity index (χ4n) is 4.25. The molecule has 0 radical (unpaired) electrons. The number of halogens is 1. The number of hydrogen-bond donors (Lipinski definition) is 1. The summed E-state index contributed by atoms with van der Waals surface area (Å²) in [5, 5.41) is 7.54. The SMILES string of the molecule is COc1ccc(CN2C(=O)c3[nH]nc(-c4ccc(OC)cc4)c3C2c2ccc(Br)cc2)cc1. The third-order valence-corrected chi connectivity index (χ3v) is 6.45. The van der Waals surface area contributed by atoms with E-state index >= 15 is 0 Å². The van der Waals surface area contributed by atoms with Gasteiger partial charge in [-0.3, -0.25) is 9.89 Å². The van der Waals surface area contributed by atoms with Gasteiger partial charge in [0.15, 0.2) is 0 Å². The van der Waals surface area contributed by atoms with E-state index in [0.29, 0.717) is 12.2 Å². The highest BCUT2D eigenvalue weighted by atomic mass is 79.9. The number of aromatic nitrogens is 2. The average molecular weight is 504 g/mol. The maximum atomic E-state index is 13.5. The Morgan fingerprint density at radius 3 is 2.12 bits per heavy atom. The van der Waals surface area contributed by atoms with Crippen LogP contribution in [0.4, 0.5) is 0 Å². The van der Waals surface area contributed by atoms with Crippen LogP contribution in [0.15, 0.2) is 77.3 Å². The Morgan fingerprint density at radius 1 is 0.909 bits per heavy atom. The van der Waals surface area contributed by atoms with Crippen LogP contribution in [0.2, 0.25) is 0 Å². The van der Waals surface area contributed by atoms with Crippen LogP contribution in [0.3, 0.4) is 0 Å². The molecule has 1 amide bonds. The van der Waals surface area contributed by atoms with Crippen LogP contribution in [0.1, 0.15) is 33.2 Å². The molecule has 1 atom stereocenters. The Balaban J connectivity index is 1.59. The molecule has 0 aliphatic carbocycles. The zero-order valence-corrected chi connectivity index (χ0v) is 19.8. The largest absolute Gasteiger partial charge is 0.497 e. The van der Waals surface area contributed by atoms with E-state index in [9.17, 15) is 4.79 Å². The first-order valence-corrected chi connectivity index (χ1v) is 11.3. The van der Waals surface area contributed by atoms with Gasteiger partial charge in [-0.25, -0.2) is 0 Å². The lowest BCUT2D eigenvalue weighted by atomic mass is 9.96. The number of benzene rings is 3. The van der Waals surface area contributed by atoms with Gasteiger partial charge in [-0.1, -0.05) is 40.2 Å². The van der Waals surface area contributed by atoms with Crippen molar-refractivity contribution < 1.29 is 14.3 Å². The second kappa shape index (κ2) is 8.75. The molecular formula is C26H22BrN3O3. The lowest BCUT2D eigenvalue weighted by molar-refractivity contribution is 0.0730. The number of nitrogens with zero attached hydrogens (tertiary/aromatic N) is 2. The fraction of sp³-hybridized carbons (Fsp3) is 0.154. The first-order valence-electron chi connectivity index (χ1n) is 10.5.